The van der Waals surface area contributed by atoms with Gasteiger partial charge in [0, 0.05) is 55.4 Å². The molecule has 3 N–H and O–H groups in total. The van der Waals surface area contributed by atoms with Gasteiger partial charge in [0.1, 0.15) is 5.82 Å². The van der Waals surface area contributed by atoms with Crippen LogP contribution >= 0.6 is 0 Å². The number of hydrogen-bond acceptors (Lipinski definition) is 7. The third-order valence-corrected chi connectivity index (χ3v) is 5.72. The highest BCUT2D eigenvalue weighted by Crippen LogP contribution is 2.24. The van der Waals surface area contributed by atoms with Crippen molar-refractivity contribution in [1.82, 2.24) is 24.8 Å². The van der Waals surface area contributed by atoms with Crippen LogP contribution in [0.15, 0.2) is 42.7 Å². The highest BCUT2D eigenvalue weighted by Gasteiger charge is 2.19. The number of rotatable bonds is 5. The summed E-state index contributed by atoms with van der Waals surface area (Å²) in [4.78, 5) is 18.9. The maximum Gasteiger partial charge on any atom is 0.254 e. The van der Waals surface area contributed by atoms with Crippen LogP contribution in [-0.2, 0) is 4.74 Å². The number of hydrogen-bond donors (Lipinski definition) is 3. The summed E-state index contributed by atoms with van der Waals surface area (Å²) in [6, 6.07) is 9.91. The fourth-order valence-corrected chi connectivity index (χ4v) is 4.06. The number of nitrogens with one attached hydrogen (secondary N) is 3. The average molecular weight is 422 g/mol. The Labute approximate surface area is 180 Å². The maximum atomic E-state index is 12.7. The van der Waals surface area contributed by atoms with Crippen LogP contribution < -0.4 is 16.0 Å². The molecular formula is C22H27N7O2. The van der Waals surface area contributed by atoms with Crippen LogP contribution in [0.3, 0.4) is 0 Å². The van der Waals surface area contributed by atoms with Crippen molar-refractivity contribution in [3.63, 3.8) is 0 Å². The first-order valence-electron chi connectivity index (χ1n) is 10.8. The Morgan fingerprint density at radius 3 is 2.81 bits per heavy atom. The smallest absolute Gasteiger partial charge is 0.254 e. The van der Waals surface area contributed by atoms with E-state index in [0.29, 0.717) is 37.9 Å². The van der Waals surface area contributed by atoms with Crippen LogP contribution in [0.1, 0.15) is 23.2 Å². The van der Waals surface area contributed by atoms with Crippen LogP contribution in [0, 0.1) is 0 Å². The van der Waals surface area contributed by atoms with Crippen LogP contribution in [0.5, 0.6) is 0 Å². The molecule has 4 heterocycles. The van der Waals surface area contributed by atoms with E-state index in [9.17, 15) is 4.79 Å². The summed E-state index contributed by atoms with van der Waals surface area (Å²) in [5.41, 5.74) is 3.18. The number of carbonyl (C=O) groups excluding carboxylic acids is 1. The van der Waals surface area contributed by atoms with Gasteiger partial charge in [-0.2, -0.15) is 0 Å². The Balaban J connectivity index is 1.33. The zero-order valence-corrected chi connectivity index (χ0v) is 17.4. The highest BCUT2D eigenvalue weighted by atomic mass is 16.5. The number of amides is 1. The van der Waals surface area contributed by atoms with Crippen molar-refractivity contribution in [3.8, 4) is 0 Å². The standard InChI is InChI=1S/C22H27N7O2/c30-22(28-10-12-31-13-11-28)16-3-5-17(6-4-16)25-19-14-20(26-18-2-1-7-23-15-18)27-29-9-8-24-21(19)29/h3-6,8-9,14,18,23,25H,1-2,7,10-13,15H2,(H,26,27)/t18-/m0/s1. The summed E-state index contributed by atoms with van der Waals surface area (Å²) in [6.07, 6.45) is 5.86. The normalized spacial score (nSPS) is 19.4. The van der Waals surface area contributed by atoms with E-state index in [1.807, 2.05) is 41.4 Å². The lowest BCUT2D eigenvalue weighted by atomic mass is 10.1. The number of fused-ring (bicyclic) bond motifs is 1. The predicted octanol–water partition coefficient (Wildman–Crippen LogP) is 2.11. The quantitative estimate of drug-likeness (QED) is 0.581. The predicted molar refractivity (Wildman–Crippen MR) is 119 cm³/mol. The van der Waals surface area contributed by atoms with Gasteiger partial charge in [0.25, 0.3) is 5.91 Å². The van der Waals surface area contributed by atoms with Gasteiger partial charge in [0.15, 0.2) is 5.65 Å². The lowest BCUT2D eigenvalue weighted by Crippen LogP contribution is -2.40. The fraction of sp³-hybridized carbons (Fsp3) is 0.409. The first kappa shape index (κ1) is 19.8. The van der Waals surface area contributed by atoms with E-state index in [4.69, 9.17) is 4.74 Å². The largest absolute Gasteiger partial charge is 0.378 e. The monoisotopic (exact) mass is 421 g/mol. The number of ether oxygens (including phenoxy) is 1. The van der Waals surface area contributed by atoms with Gasteiger partial charge in [-0.05, 0) is 43.7 Å². The van der Waals surface area contributed by atoms with E-state index in [2.05, 4.69) is 26.0 Å². The number of benzene rings is 1. The summed E-state index contributed by atoms with van der Waals surface area (Å²) in [7, 11) is 0. The Kier molecular flexibility index (Phi) is 5.68. The second kappa shape index (κ2) is 8.91. The molecule has 0 radical (unpaired) electrons. The van der Waals surface area contributed by atoms with Gasteiger partial charge in [0.05, 0.1) is 18.9 Å². The van der Waals surface area contributed by atoms with Gasteiger partial charge in [-0.1, -0.05) is 0 Å². The zero-order chi connectivity index (χ0) is 21.0. The molecule has 0 spiro atoms. The van der Waals surface area contributed by atoms with Crippen molar-refractivity contribution >= 4 is 28.7 Å². The van der Waals surface area contributed by atoms with Crippen molar-refractivity contribution in [2.75, 3.05) is 50.0 Å². The van der Waals surface area contributed by atoms with E-state index < -0.39 is 0 Å². The molecule has 2 aliphatic rings. The second-order valence-electron chi connectivity index (χ2n) is 7.93. The molecule has 1 aromatic carbocycles. The molecule has 2 aromatic heterocycles. The summed E-state index contributed by atoms with van der Waals surface area (Å²) in [5, 5.41) is 15.0. The van der Waals surface area contributed by atoms with Crippen LogP contribution in [-0.4, -0.2) is 70.8 Å². The van der Waals surface area contributed by atoms with Crippen molar-refractivity contribution in [2.45, 2.75) is 18.9 Å². The second-order valence-corrected chi connectivity index (χ2v) is 7.93. The Bertz CT molecular complexity index is 1040. The average Bonchev–Trinajstić information content (AvgIpc) is 3.29. The number of morpholine rings is 1. The van der Waals surface area contributed by atoms with Crippen LogP contribution in [0.4, 0.5) is 17.2 Å². The van der Waals surface area contributed by atoms with Gasteiger partial charge in [0.2, 0.25) is 0 Å². The minimum Gasteiger partial charge on any atom is -0.378 e. The van der Waals surface area contributed by atoms with E-state index in [0.717, 1.165) is 48.8 Å². The minimum atomic E-state index is 0.0435. The molecule has 9 heteroatoms. The van der Waals surface area contributed by atoms with Gasteiger partial charge in [-0.25, -0.2) is 9.50 Å². The molecule has 0 saturated carbocycles. The number of anilines is 3. The number of carbonyl (C=O) groups is 1. The van der Waals surface area contributed by atoms with Gasteiger partial charge < -0.3 is 25.6 Å². The number of imidazole rings is 1. The van der Waals surface area contributed by atoms with Crippen LogP contribution in [0.25, 0.3) is 5.65 Å². The SMILES string of the molecule is O=C(c1ccc(Nc2cc(N[C@H]3CCCNC3)nn3ccnc23)cc1)N1CCOCC1. The molecule has 3 aromatic rings. The lowest BCUT2D eigenvalue weighted by Gasteiger charge is -2.26. The molecule has 1 amide bonds. The zero-order valence-electron chi connectivity index (χ0n) is 17.4. The van der Waals surface area contributed by atoms with E-state index in [1.165, 1.54) is 0 Å². The van der Waals surface area contributed by atoms with Gasteiger partial charge >= 0.3 is 0 Å². The van der Waals surface area contributed by atoms with Crippen LogP contribution in [0.2, 0.25) is 0 Å². The molecule has 2 aliphatic heterocycles. The summed E-state index contributed by atoms with van der Waals surface area (Å²) in [5.74, 6) is 0.850. The molecule has 9 nitrogen and oxygen atoms in total. The van der Waals surface area contributed by atoms with Crippen molar-refractivity contribution < 1.29 is 9.53 Å². The molecule has 0 aliphatic carbocycles. The Hall–Kier alpha value is -3.17. The Morgan fingerprint density at radius 1 is 1.19 bits per heavy atom. The molecule has 5 rings (SSSR count). The fourth-order valence-electron chi connectivity index (χ4n) is 4.06. The topological polar surface area (TPSA) is 95.8 Å². The lowest BCUT2D eigenvalue weighted by molar-refractivity contribution is 0.0303. The molecule has 0 unspecified atom stereocenters. The van der Waals surface area contributed by atoms with E-state index in [1.54, 1.807) is 10.7 Å². The summed E-state index contributed by atoms with van der Waals surface area (Å²) < 4.78 is 7.11. The maximum absolute atomic E-state index is 12.7. The summed E-state index contributed by atoms with van der Waals surface area (Å²) in [6.45, 7) is 4.48. The molecule has 0 bridgehead atoms. The van der Waals surface area contributed by atoms with Gasteiger partial charge in [-0.15, -0.1) is 5.10 Å². The van der Waals surface area contributed by atoms with Crippen molar-refractivity contribution in [3.05, 3.63) is 48.3 Å². The summed E-state index contributed by atoms with van der Waals surface area (Å²) >= 11 is 0. The number of piperidine rings is 1. The molecule has 2 fully saturated rings. The first-order chi connectivity index (χ1) is 15.3. The van der Waals surface area contributed by atoms with Crippen molar-refractivity contribution in [1.29, 1.82) is 0 Å². The molecule has 162 valence electrons. The molecule has 1 atom stereocenters. The number of aromatic nitrogens is 3. The van der Waals surface area contributed by atoms with Gasteiger partial charge in [-0.3, -0.25) is 4.79 Å². The molecular weight excluding hydrogens is 394 g/mol. The first-order valence-corrected chi connectivity index (χ1v) is 10.8. The minimum absolute atomic E-state index is 0.0435. The third kappa shape index (κ3) is 4.47. The Morgan fingerprint density at radius 2 is 2.03 bits per heavy atom. The number of nitrogens with zero attached hydrogens (tertiary/aromatic N) is 4. The molecule has 31 heavy (non-hydrogen) atoms. The van der Waals surface area contributed by atoms with Crippen molar-refractivity contribution in [2.24, 2.45) is 0 Å². The third-order valence-electron chi connectivity index (χ3n) is 5.72. The van der Waals surface area contributed by atoms with E-state index >= 15 is 0 Å². The highest BCUT2D eigenvalue weighted by molar-refractivity contribution is 5.94. The van der Waals surface area contributed by atoms with E-state index in [-0.39, 0.29) is 5.91 Å². The molecule has 2 saturated heterocycles.